The lowest BCUT2D eigenvalue weighted by atomic mass is 9.76. The highest BCUT2D eigenvalue weighted by Crippen LogP contribution is 2.40. The van der Waals surface area contributed by atoms with Crippen LogP contribution in [0.25, 0.3) is 0 Å². The number of carbonyl (C=O) groups excluding carboxylic acids is 1. The maximum atomic E-state index is 12.8. The van der Waals surface area contributed by atoms with Crippen molar-refractivity contribution >= 4 is 5.91 Å². The summed E-state index contributed by atoms with van der Waals surface area (Å²) < 4.78 is 44.2. The molecule has 2 N–H and O–H groups in total. The van der Waals surface area contributed by atoms with Crippen LogP contribution in [0.3, 0.4) is 0 Å². The molecule has 2 saturated heterocycles. The van der Waals surface area contributed by atoms with Crippen molar-refractivity contribution in [1.82, 2.24) is 4.90 Å². The lowest BCUT2D eigenvalue weighted by molar-refractivity contribution is -0.221. The Balaban J connectivity index is 1.68. The minimum absolute atomic E-state index is 0.00255. The summed E-state index contributed by atoms with van der Waals surface area (Å²) in [5, 5.41) is 20.1. The van der Waals surface area contributed by atoms with Gasteiger partial charge in [0.05, 0.1) is 23.4 Å². The summed E-state index contributed by atoms with van der Waals surface area (Å²) >= 11 is 0. The van der Waals surface area contributed by atoms with Crippen molar-refractivity contribution in [2.45, 2.75) is 49.7 Å². The average molecular weight is 373 g/mol. The summed E-state index contributed by atoms with van der Waals surface area (Å²) in [6, 6.07) is 4.40. The molecule has 0 bridgehead atoms. The van der Waals surface area contributed by atoms with E-state index in [0.717, 1.165) is 12.1 Å². The van der Waals surface area contributed by atoms with Gasteiger partial charge in [-0.1, -0.05) is 6.07 Å². The molecule has 0 radical (unpaired) electrons. The molecule has 2 heterocycles. The third-order valence-electron chi connectivity index (χ3n) is 5.34. The van der Waals surface area contributed by atoms with Gasteiger partial charge in [0.1, 0.15) is 6.10 Å². The maximum Gasteiger partial charge on any atom is 0.416 e. The smallest absolute Gasteiger partial charge is 0.388 e. The normalized spacial score (nSPS) is 29.0. The minimum atomic E-state index is -4.50. The van der Waals surface area contributed by atoms with Gasteiger partial charge in [0.15, 0.2) is 0 Å². The van der Waals surface area contributed by atoms with E-state index in [9.17, 15) is 28.2 Å². The van der Waals surface area contributed by atoms with Crippen LogP contribution in [-0.2, 0) is 10.9 Å². The number of ether oxygens (including phenoxy) is 1. The molecule has 0 unspecified atom stereocenters. The van der Waals surface area contributed by atoms with E-state index in [0.29, 0.717) is 25.9 Å². The van der Waals surface area contributed by atoms with Crippen molar-refractivity contribution in [1.29, 1.82) is 0 Å². The topological polar surface area (TPSA) is 70.0 Å². The molecular formula is C18H22F3NO4. The zero-order valence-electron chi connectivity index (χ0n) is 14.4. The molecule has 1 aromatic rings. The van der Waals surface area contributed by atoms with Crippen molar-refractivity contribution in [3.8, 4) is 0 Å². The van der Waals surface area contributed by atoms with Crippen molar-refractivity contribution in [3.05, 3.63) is 35.4 Å². The van der Waals surface area contributed by atoms with Crippen LogP contribution in [0.4, 0.5) is 13.2 Å². The zero-order chi connectivity index (χ0) is 19.2. The van der Waals surface area contributed by atoms with E-state index < -0.39 is 35.0 Å². The van der Waals surface area contributed by atoms with Crippen LogP contribution in [0.1, 0.15) is 42.1 Å². The van der Waals surface area contributed by atoms with Crippen molar-refractivity contribution in [2.75, 3.05) is 19.7 Å². The molecule has 2 fully saturated rings. The van der Waals surface area contributed by atoms with Gasteiger partial charge in [-0.15, -0.1) is 0 Å². The van der Waals surface area contributed by atoms with Gasteiger partial charge in [-0.05, 0) is 38.0 Å². The molecule has 144 valence electrons. The van der Waals surface area contributed by atoms with Gasteiger partial charge in [-0.3, -0.25) is 4.79 Å². The number of benzene rings is 1. The van der Waals surface area contributed by atoms with Gasteiger partial charge in [-0.2, -0.15) is 13.2 Å². The Morgan fingerprint density at radius 3 is 2.54 bits per heavy atom. The number of halogens is 3. The standard InChI is InChI=1S/C18H22F3NO4/c1-16(25)11-17(26-10-14(16)23)5-7-22(8-6-17)15(24)12-3-2-4-13(9-12)18(19,20)21/h2-4,9,14,23,25H,5-8,10-11H2,1H3/t14-,16-/m0/s1. The predicted octanol–water partition coefficient (Wildman–Crippen LogP) is 2.21. The first kappa shape index (κ1) is 19.1. The predicted molar refractivity (Wildman–Crippen MR) is 86.5 cm³/mol. The molecule has 2 aliphatic rings. The molecule has 26 heavy (non-hydrogen) atoms. The van der Waals surface area contributed by atoms with E-state index in [4.69, 9.17) is 4.74 Å². The molecule has 2 atom stereocenters. The molecule has 0 saturated carbocycles. The van der Waals surface area contributed by atoms with E-state index in [1.165, 1.54) is 17.0 Å². The molecule has 1 amide bonds. The summed E-state index contributed by atoms with van der Waals surface area (Å²) in [4.78, 5) is 14.1. The van der Waals surface area contributed by atoms with Crippen molar-refractivity contribution < 1.29 is 32.9 Å². The number of hydrogen-bond donors (Lipinski definition) is 2. The van der Waals surface area contributed by atoms with Gasteiger partial charge in [-0.25, -0.2) is 0 Å². The molecule has 1 aromatic carbocycles. The monoisotopic (exact) mass is 373 g/mol. The van der Waals surface area contributed by atoms with Gasteiger partial charge < -0.3 is 19.8 Å². The Hall–Kier alpha value is -1.64. The Bertz CT molecular complexity index is 681. The Labute approximate surface area is 149 Å². The third kappa shape index (κ3) is 3.72. The van der Waals surface area contributed by atoms with Crippen LogP contribution in [0.2, 0.25) is 0 Å². The largest absolute Gasteiger partial charge is 0.416 e. The first-order chi connectivity index (χ1) is 12.0. The van der Waals surface area contributed by atoms with E-state index in [-0.39, 0.29) is 18.6 Å². The first-order valence-corrected chi connectivity index (χ1v) is 8.53. The highest BCUT2D eigenvalue weighted by Gasteiger charge is 2.49. The number of rotatable bonds is 1. The van der Waals surface area contributed by atoms with Crippen LogP contribution in [-0.4, -0.2) is 58.0 Å². The number of carbonyl (C=O) groups is 1. The van der Waals surface area contributed by atoms with Crippen LogP contribution in [0, 0.1) is 0 Å². The summed E-state index contributed by atoms with van der Waals surface area (Å²) in [5.41, 5.74) is -2.72. The number of aliphatic hydroxyl groups excluding tert-OH is 1. The van der Waals surface area contributed by atoms with Gasteiger partial charge in [0.25, 0.3) is 5.91 Å². The van der Waals surface area contributed by atoms with Crippen molar-refractivity contribution in [2.24, 2.45) is 0 Å². The van der Waals surface area contributed by atoms with E-state index in [2.05, 4.69) is 0 Å². The number of hydrogen-bond acceptors (Lipinski definition) is 4. The highest BCUT2D eigenvalue weighted by molar-refractivity contribution is 5.94. The van der Waals surface area contributed by atoms with Crippen LogP contribution in [0.5, 0.6) is 0 Å². The van der Waals surface area contributed by atoms with Crippen LogP contribution >= 0.6 is 0 Å². The van der Waals surface area contributed by atoms with Gasteiger partial charge in [0, 0.05) is 25.1 Å². The van der Waals surface area contributed by atoms with Crippen molar-refractivity contribution in [3.63, 3.8) is 0 Å². The fraction of sp³-hybridized carbons (Fsp3) is 0.611. The van der Waals surface area contributed by atoms with Crippen LogP contribution in [0.15, 0.2) is 24.3 Å². The molecule has 1 spiro atoms. The number of likely N-dealkylation sites (tertiary alicyclic amines) is 1. The number of nitrogens with zero attached hydrogens (tertiary/aromatic N) is 1. The summed E-state index contributed by atoms with van der Waals surface area (Å²) in [7, 11) is 0. The highest BCUT2D eigenvalue weighted by atomic mass is 19.4. The fourth-order valence-corrected chi connectivity index (χ4v) is 3.71. The molecule has 2 aliphatic heterocycles. The number of aliphatic hydroxyl groups is 2. The van der Waals surface area contributed by atoms with Crippen LogP contribution < -0.4 is 0 Å². The summed E-state index contributed by atoms with van der Waals surface area (Å²) in [5.74, 6) is -0.450. The average Bonchev–Trinajstić information content (AvgIpc) is 2.58. The molecule has 0 aliphatic carbocycles. The summed E-state index contributed by atoms with van der Waals surface area (Å²) in [6.07, 6.45) is -4.28. The second kappa shape index (κ2) is 6.51. The molecule has 0 aromatic heterocycles. The SMILES string of the molecule is C[C@]1(O)CC2(CCN(C(=O)c3cccc(C(F)(F)F)c3)CC2)OC[C@@H]1O. The second-order valence-electron chi connectivity index (χ2n) is 7.41. The first-order valence-electron chi connectivity index (χ1n) is 8.53. The quantitative estimate of drug-likeness (QED) is 0.792. The molecule has 8 heteroatoms. The van der Waals surface area contributed by atoms with E-state index in [1.807, 2.05) is 0 Å². The zero-order valence-corrected chi connectivity index (χ0v) is 14.4. The number of alkyl halides is 3. The fourth-order valence-electron chi connectivity index (χ4n) is 3.71. The van der Waals surface area contributed by atoms with E-state index >= 15 is 0 Å². The lowest BCUT2D eigenvalue weighted by Gasteiger charge is -2.49. The van der Waals surface area contributed by atoms with Gasteiger partial charge in [0.2, 0.25) is 0 Å². The number of amides is 1. The molecule has 5 nitrogen and oxygen atoms in total. The maximum absolute atomic E-state index is 12.8. The summed E-state index contributed by atoms with van der Waals surface area (Å²) in [6.45, 7) is 2.22. The molecule has 3 rings (SSSR count). The van der Waals surface area contributed by atoms with Gasteiger partial charge >= 0.3 is 6.18 Å². The lowest BCUT2D eigenvalue weighted by Crippen LogP contribution is -2.59. The Morgan fingerprint density at radius 1 is 1.31 bits per heavy atom. The Kier molecular flexibility index (Phi) is 4.79. The minimum Gasteiger partial charge on any atom is -0.388 e. The number of piperidine rings is 1. The Morgan fingerprint density at radius 2 is 1.96 bits per heavy atom. The second-order valence-corrected chi connectivity index (χ2v) is 7.41. The third-order valence-corrected chi connectivity index (χ3v) is 5.34. The van der Waals surface area contributed by atoms with E-state index in [1.54, 1.807) is 6.92 Å². The molecular weight excluding hydrogens is 351 g/mol.